The molecule has 0 spiro atoms. The lowest BCUT2D eigenvalue weighted by atomic mass is 10.2. The van der Waals surface area contributed by atoms with E-state index in [1.165, 1.54) is 16.1 Å². The second-order valence-corrected chi connectivity index (χ2v) is 4.96. The molecule has 0 saturated carbocycles. The van der Waals surface area contributed by atoms with Gasteiger partial charge in [0.15, 0.2) is 0 Å². The molecule has 2 heterocycles. The SMILES string of the molecule is c1cnc2c(c1)CCC2NCc1cncs1. The molecule has 1 N–H and O–H groups in total. The van der Waals surface area contributed by atoms with Crippen LogP contribution in [0, 0.1) is 0 Å². The van der Waals surface area contributed by atoms with Crippen LogP contribution >= 0.6 is 11.3 Å². The molecule has 82 valence electrons. The van der Waals surface area contributed by atoms with Gasteiger partial charge in [-0.25, -0.2) is 0 Å². The van der Waals surface area contributed by atoms with Gasteiger partial charge in [-0.2, -0.15) is 0 Å². The maximum Gasteiger partial charge on any atom is 0.0794 e. The molecule has 1 aliphatic carbocycles. The Hall–Kier alpha value is -1.26. The number of hydrogen-bond acceptors (Lipinski definition) is 4. The van der Waals surface area contributed by atoms with Crippen LogP contribution in [0.3, 0.4) is 0 Å². The van der Waals surface area contributed by atoms with E-state index in [0.29, 0.717) is 6.04 Å². The molecule has 3 nitrogen and oxygen atoms in total. The zero-order valence-electron chi connectivity index (χ0n) is 8.89. The minimum absolute atomic E-state index is 0.415. The van der Waals surface area contributed by atoms with Crippen LogP contribution < -0.4 is 5.32 Å². The fourth-order valence-electron chi connectivity index (χ4n) is 2.16. The van der Waals surface area contributed by atoms with Crippen LogP contribution in [0.15, 0.2) is 30.0 Å². The van der Waals surface area contributed by atoms with Gasteiger partial charge in [0, 0.05) is 23.8 Å². The number of rotatable bonds is 3. The largest absolute Gasteiger partial charge is 0.304 e. The highest BCUT2D eigenvalue weighted by molar-refractivity contribution is 7.09. The molecule has 1 aliphatic rings. The van der Waals surface area contributed by atoms with Crippen molar-refractivity contribution in [3.8, 4) is 0 Å². The van der Waals surface area contributed by atoms with Gasteiger partial charge in [-0.15, -0.1) is 11.3 Å². The van der Waals surface area contributed by atoms with Gasteiger partial charge in [0.1, 0.15) is 0 Å². The lowest BCUT2D eigenvalue weighted by molar-refractivity contribution is 0.524. The van der Waals surface area contributed by atoms with Crippen molar-refractivity contribution in [2.24, 2.45) is 0 Å². The van der Waals surface area contributed by atoms with E-state index >= 15 is 0 Å². The molecule has 2 aromatic heterocycles. The monoisotopic (exact) mass is 231 g/mol. The van der Waals surface area contributed by atoms with Gasteiger partial charge < -0.3 is 5.32 Å². The van der Waals surface area contributed by atoms with E-state index in [4.69, 9.17) is 0 Å². The van der Waals surface area contributed by atoms with Crippen molar-refractivity contribution in [1.82, 2.24) is 15.3 Å². The van der Waals surface area contributed by atoms with Gasteiger partial charge in [0.25, 0.3) is 0 Å². The minimum Gasteiger partial charge on any atom is -0.304 e. The van der Waals surface area contributed by atoms with E-state index < -0.39 is 0 Å². The Balaban J connectivity index is 1.69. The van der Waals surface area contributed by atoms with Crippen molar-refractivity contribution >= 4 is 11.3 Å². The summed E-state index contributed by atoms with van der Waals surface area (Å²) >= 11 is 1.69. The van der Waals surface area contributed by atoms with Crippen molar-refractivity contribution in [3.63, 3.8) is 0 Å². The number of nitrogens with zero attached hydrogens (tertiary/aromatic N) is 2. The summed E-state index contributed by atoms with van der Waals surface area (Å²) in [6, 6.07) is 4.61. The van der Waals surface area contributed by atoms with Crippen LogP contribution in [0.25, 0.3) is 0 Å². The summed E-state index contributed by atoms with van der Waals surface area (Å²) in [6.07, 6.45) is 6.10. The fourth-order valence-corrected chi connectivity index (χ4v) is 2.71. The van der Waals surface area contributed by atoms with Crippen LogP contribution in [-0.2, 0) is 13.0 Å². The molecule has 0 radical (unpaired) electrons. The highest BCUT2D eigenvalue weighted by Crippen LogP contribution is 2.29. The van der Waals surface area contributed by atoms with E-state index in [2.05, 4.69) is 21.4 Å². The van der Waals surface area contributed by atoms with Crippen molar-refractivity contribution in [1.29, 1.82) is 0 Å². The van der Waals surface area contributed by atoms with E-state index in [1.807, 2.05) is 24.0 Å². The smallest absolute Gasteiger partial charge is 0.0794 e. The summed E-state index contributed by atoms with van der Waals surface area (Å²) in [5.74, 6) is 0. The van der Waals surface area contributed by atoms with Crippen molar-refractivity contribution in [2.45, 2.75) is 25.4 Å². The number of thiazole rings is 1. The number of aryl methyl sites for hydroxylation is 1. The zero-order valence-corrected chi connectivity index (χ0v) is 9.70. The predicted octanol–water partition coefficient (Wildman–Crippen LogP) is 2.32. The first-order chi connectivity index (χ1) is 7.93. The Labute approximate surface area is 98.6 Å². The van der Waals surface area contributed by atoms with Crippen LogP contribution in [0.5, 0.6) is 0 Å². The number of fused-ring (bicyclic) bond motifs is 1. The van der Waals surface area contributed by atoms with Gasteiger partial charge in [0.05, 0.1) is 17.2 Å². The highest BCUT2D eigenvalue weighted by atomic mass is 32.1. The molecule has 2 aromatic rings. The highest BCUT2D eigenvalue weighted by Gasteiger charge is 2.22. The summed E-state index contributed by atoms with van der Waals surface area (Å²) in [5, 5.41) is 3.55. The quantitative estimate of drug-likeness (QED) is 0.881. The lowest BCUT2D eigenvalue weighted by Crippen LogP contribution is -2.18. The summed E-state index contributed by atoms with van der Waals surface area (Å²) in [6.45, 7) is 0.894. The molecular weight excluding hydrogens is 218 g/mol. The first kappa shape index (κ1) is 9.93. The molecule has 1 unspecified atom stereocenters. The summed E-state index contributed by atoms with van der Waals surface area (Å²) < 4.78 is 0. The van der Waals surface area contributed by atoms with E-state index in [0.717, 1.165) is 19.4 Å². The lowest BCUT2D eigenvalue weighted by Gasteiger charge is -2.11. The fraction of sp³-hybridized carbons (Fsp3) is 0.333. The molecule has 1 atom stereocenters. The average Bonchev–Trinajstić information content (AvgIpc) is 2.96. The third kappa shape index (κ3) is 1.86. The minimum atomic E-state index is 0.415. The second kappa shape index (κ2) is 4.31. The Kier molecular flexibility index (Phi) is 2.68. The Morgan fingerprint density at radius 2 is 2.50 bits per heavy atom. The molecule has 0 amide bonds. The number of pyridine rings is 1. The van der Waals surface area contributed by atoms with Crippen LogP contribution in [0.1, 0.15) is 28.6 Å². The summed E-state index contributed by atoms with van der Waals surface area (Å²) in [4.78, 5) is 9.82. The molecule has 0 aliphatic heterocycles. The van der Waals surface area contributed by atoms with Crippen molar-refractivity contribution < 1.29 is 0 Å². The standard InChI is InChI=1S/C12H13N3S/c1-2-9-3-4-11(12(9)14-5-1)15-7-10-6-13-8-16-10/h1-2,5-6,8,11,15H,3-4,7H2. The third-order valence-corrected chi connectivity index (χ3v) is 3.74. The Morgan fingerprint density at radius 3 is 3.38 bits per heavy atom. The normalized spacial score (nSPS) is 18.6. The predicted molar refractivity (Wildman–Crippen MR) is 64.3 cm³/mol. The van der Waals surface area contributed by atoms with E-state index in [1.54, 1.807) is 11.3 Å². The van der Waals surface area contributed by atoms with Crippen molar-refractivity contribution in [2.75, 3.05) is 0 Å². The molecule has 0 fully saturated rings. The number of hydrogen-bond donors (Lipinski definition) is 1. The molecular formula is C12H13N3S. The maximum atomic E-state index is 4.47. The molecule has 0 aromatic carbocycles. The Morgan fingerprint density at radius 1 is 1.50 bits per heavy atom. The molecule has 4 heteroatoms. The van der Waals surface area contributed by atoms with Gasteiger partial charge in [-0.05, 0) is 24.5 Å². The van der Waals surface area contributed by atoms with Crippen LogP contribution in [-0.4, -0.2) is 9.97 Å². The molecule has 16 heavy (non-hydrogen) atoms. The van der Waals surface area contributed by atoms with Gasteiger partial charge in [-0.1, -0.05) is 6.07 Å². The molecule has 0 bridgehead atoms. The van der Waals surface area contributed by atoms with E-state index in [-0.39, 0.29) is 0 Å². The van der Waals surface area contributed by atoms with Crippen molar-refractivity contribution in [3.05, 3.63) is 46.2 Å². The van der Waals surface area contributed by atoms with Gasteiger partial charge in [0.2, 0.25) is 0 Å². The Bertz CT molecular complexity index is 467. The van der Waals surface area contributed by atoms with Crippen LogP contribution in [0.2, 0.25) is 0 Å². The first-order valence-electron chi connectivity index (χ1n) is 5.48. The topological polar surface area (TPSA) is 37.8 Å². The zero-order chi connectivity index (χ0) is 10.8. The maximum absolute atomic E-state index is 4.47. The molecule has 3 rings (SSSR count). The second-order valence-electron chi connectivity index (χ2n) is 3.99. The first-order valence-corrected chi connectivity index (χ1v) is 6.36. The number of nitrogens with one attached hydrogen (secondary N) is 1. The average molecular weight is 231 g/mol. The molecule has 0 saturated heterocycles. The summed E-state index contributed by atoms with van der Waals surface area (Å²) in [7, 11) is 0. The van der Waals surface area contributed by atoms with E-state index in [9.17, 15) is 0 Å². The third-order valence-electron chi connectivity index (χ3n) is 2.96. The number of aromatic nitrogens is 2. The van der Waals surface area contributed by atoms with Crippen LogP contribution in [0.4, 0.5) is 0 Å². The van der Waals surface area contributed by atoms with Gasteiger partial charge >= 0.3 is 0 Å². The summed E-state index contributed by atoms with van der Waals surface area (Å²) in [5.41, 5.74) is 4.49. The van der Waals surface area contributed by atoms with Gasteiger partial charge in [-0.3, -0.25) is 9.97 Å².